The first-order valence-corrected chi connectivity index (χ1v) is 12.3. The van der Waals surface area contributed by atoms with Gasteiger partial charge in [0.1, 0.15) is 6.61 Å². The Hall–Kier alpha value is -3.03. The van der Waals surface area contributed by atoms with Crippen LogP contribution in [0.4, 0.5) is 18.9 Å². The molecule has 1 aliphatic heterocycles. The zero-order chi connectivity index (χ0) is 25.5. The molecule has 3 aromatic carbocycles. The molecule has 0 radical (unpaired) electrons. The van der Waals surface area contributed by atoms with E-state index in [-0.39, 0.29) is 19.0 Å². The molecule has 1 saturated heterocycles. The lowest BCUT2D eigenvalue weighted by atomic mass is 10.0. The SMILES string of the molecule is O=C(Cc1cccc(Cc2ccc(Cl)cc2)c1)OCCN1CCN(c2cccc(C(F)(F)F)c2)CC1. The number of ether oxygens (including phenoxy) is 1. The number of rotatable bonds is 8. The molecule has 4 nitrogen and oxygen atoms in total. The molecule has 190 valence electrons. The number of hydrogen-bond donors (Lipinski definition) is 0. The van der Waals surface area contributed by atoms with Crippen LogP contribution in [0.3, 0.4) is 0 Å². The Morgan fingerprint density at radius 3 is 2.28 bits per heavy atom. The van der Waals surface area contributed by atoms with Gasteiger partial charge in [0.05, 0.1) is 12.0 Å². The minimum absolute atomic E-state index is 0.206. The van der Waals surface area contributed by atoms with Crippen molar-refractivity contribution >= 4 is 23.3 Å². The summed E-state index contributed by atoms with van der Waals surface area (Å²) in [5.74, 6) is -0.277. The Morgan fingerprint density at radius 2 is 1.56 bits per heavy atom. The molecule has 1 fully saturated rings. The van der Waals surface area contributed by atoms with Gasteiger partial charge in [-0.2, -0.15) is 13.2 Å². The van der Waals surface area contributed by atoms with Crippen molar-refractivity contribution in [1.82, 2.24) is 4.90 Å². The number of halogens is 4. The number of anilines is 1. The second-order valence-corrected chi connectivity index (χ2v) is 9.33. The van der Waals surface area contributed by atoms with Crippen molar-refractivity contribution in [2.24, 2.45) is 0 Å². The van der Waals surface area contributed by atoms with Crippen LogP contribution in [-0.4, -0.2) is 50.2 Å². The van der Waals surface area contributed by atoms with E-state index in [0.717, 1.165) is 29.2 Å². The summed E-state index contributed by atoms with van der Waals surface area (Å²) in [4.78, 5) is 16.5. The van der Waals surface area contributed by atoms with Crippen LogP contribution in [0.5, 0.6) is 0 Å². The molecule has 0 N–H and O–H groups in total. The number of alkyl halides is 3. The maximum Gasteiger partial charge on any atom is 0.416 e. The topological polar surface area (TPSA) is 32.8 Å². The monoisotopic (exact) mass is 516 g/mol. The van der Waals surface area contributed by atoms with Crippen molar-refractivity contribution in [1.29, 1.82) is 0 Å². The smallest absolute Gasteiger partial charge is 0.416 e. The van der Waals surface area contributed by atoms with E-state index in [2.05, 4.69) is 4.90 Å². The molecule has 1 aliphatic rings. The van der Waals surface area contributed by atoms with Gasteiger partial charge in [-0.15, -0.1) is 0 Å². The van der Waals surface area contributed by atoms with E-state index in [1.54, 1.807) is 6.07 Å². The number of esters is 1. The van der Waals surface area contributed by atoms with E-state index >= 15 is 0 Å². The average molecular weight is 517 g/mol. The zero-order valence-electron chi connectivity index (χ0n) is 19.8. The molecular weight excluding hydrogens is 489 g/mol. The van der Waals surface area contributed by atoms with Crippen LogP contribution < -0.4 is 4.90 Å². The second-order valence-electron chi connectivity index (χ2n) is 8.90. The summed E-state index contributed by atoms with van der Waals surface area (Å²) in [6.07, 6.45) is -3.38. The Bertz CT molecular complexity index is 1160. The van der Waals surface area contributed by atoms with Crippen LogP contribution in [0, 0.1) is 0 Å². The summed E-state index contributed by atoms with van der Waals surface area (Å²) in [6, 6.07) is 21.0. The first-order chi connectivity index (χ1) is 17.3. The summed E-state index contributed by atoms with van der Waals surface area (Å²) < 4.78 is 44.4. The predicted octanol–water partition coefficient (Wildman–Crippen LogP) is 5.86. The molecular formula is C28H28ClF3N2O2. The Balaban J connectivity index is 1.19. The van der Waals surface area contributed by atoms with Gasteiger partial charge in [-0.3, -0.25) is 9.69 Å². The number of hydrogen-bond acceptors (Lipinski definition) is 4. The number of piperazine rings is 1. The lowest BCUT2D eigenvalue weighted by molar-refractivity contribution is -0.143. The maximum atomic E-state index is 13.0. The van der Waals surface area contributed by atoms with Crippen LogP contribution in [0.15, 0.2) is 72.8 Å². The van der Waals surface area contributed by atoms with Crippen molar-refractivity contribution in [2.75, 3.05) is 44.2 Å². The van der Waals surface area contributed by atoms with Crippen molar-refractivity contribution in [3.63, 3.8) is 0 Å². The Kier molecular flexibility index (Phi) is 8.54. The molecule has 0 spiro atoms. The number of benzene rings is 3. The quantitative estimate of drug-likeness (QED) is 0.351. The minimum atomic E-state index is -4.35. The zero-order valence-corrected chi connectivity index (χ0v) is 20.6. The Morgan fingerprint density at radius 1 is 0.861 bits per heavy atom. The third-order valence-electron chi connectivity index (χ3n) is 6.24. The van der Waals surface area contributed by atoms with Gasteiger partial charge in [0.2, 0.25) is 0 Å². The highest BCUT2D eigenvalue weighted by Crippen LogP contribution is 2.31. The molecule has 4 rings (SSSR count). The third-order valence-corrected chi connectivity index (χ3v) is 6.49. The number of carbonyl (C=O) groups is 1. The number of nitrogens with zero attached hydrogens (tertiary/aromatic N) is 2. The van der Waals surface area contributed by atoms with Crippen LogP contribution in [0.1, 0.15) is 22.3 Å². The van der Waals surface area contributed by atoms with Crippen LogP contribution in [0.25, 0.3) is 0 Å². The normalized spacial score (nSPS) is 14.6. The van der Waals surface area contributed by atoms with Gasteiger partial charge >= 0.3 is 12.1 Å². The van der Waals surface area contributed by atoms with Crippen LogP contribution in [-0.2, 0) is 28.5 Å². The van der Waals surface area contributed by atoms with E-state index in [9.17, 15) is 18.0 Å². The Labute approximate surface area is 214 Å². The van der Waals surface area contributed by atoms with Crippen molar-refractivity contribution < 1.29 is 22.7 Å². The van der Waals surface area contributed by atoms with Gasteiger partial charge in [-0.1, -0.05) is 54.1 Å². The summed E-state index contributed by atoms with van der Waals surface area (Å²) in [5.41, 5.74) is 3.11. The van der Waals surface area contributed by atoms with Gasteiger partial charge in [0.15, 0.2) is 0 Å². The van der Waals surface area contributed by atoms with E-state index in [1.165, 1.54) is 12.1 Å². The molecule has 0 aromatic heterocycles. The van der Waals surface area contributed by atoms with Crippen LogP contribution >= 0.6 is 11.6 Å². The highest BCUT2D eigenvalue weighted by atomic mass is 35.5. The molecule has 36 heavy (non-hydrogen) atoms. The van der Waals surface area contributed by atoms with Gasteiger partial charge in [-0.05, 0) is 53.4 Å². The highest BCUT2D eigenvalue weighted by Gasteiger charge is 2.31. The summed E-state index contributed by atoms with van der Waals surface area (Å²) in [7, 11) is 0. The van der Waals surface area contributed by atoms with E-state index in [0.29, 0.717) is 43.4 Å². The standard InChI is InChI=1S/C28H28ClF3N2O2/c29-25-9-7-21(8-10-25)17-22-3-1-4-23(18-22)19-27(35)36-16-15-33-11-13-34(14-12-33)26-6-2-5-24(20-26)28(30,31)32/h1-10,18,20H,11-17,19H2. The average Bonchev–Trinajstić information content (AvgIpc) is 2.86. The highest BCUT2D eigenvalue weighted by molar-refractivity contribution is 6.30. The molecule has 0 aliphatic carbocycles. The van der Waals surface area contributed by atoms with Gasteiger partial charge in [-0.25, -0.2) is 0 Å². The van der Waals surface area contributed by atoms with Gasteiger partial charge in [0.25, 0.3) is 0 Å². The molecule has 0 unspecified atom stereocenters. The fraction of sp³-hybridized carbons (Fsp3) is 0.321. The lowest BCUT2D eigenvalue weighted by Gasteiger charge is -2.36. The maximum absolute atomic E-state index is 13.0. The lowest BCUT2D eigenvalue weighted by Crippen LogP contribution is -2.47. The second kappa shape index (κ2) is 11.8. The van der Waals surface area contributed by atoms with E-state index in [4.69, 9.17) is 16.3 Å². The molecule has 0 amide bonds. The molecule has 1 heterocycles. The molecule has 3 aromatic rings. The molecule has 0 saturated carbocycles. The molecule has 0 bridgehead atoms. The first kappa shape index (κ1) is 26.0. The van der Waals surface area contributed by atoms with E-state index in [1.807, 2.05) is 53.4 Å². The predicted molar refractivity (Wildman–Crippen MR) is 135 cm³/mol. The van der Waals surface area contributed by atoms with Crippen molar-refractivity contribution in [2.45, 2.75) is 19.0 Å². The van der Waals surface area contributed by atoms with Crippen LogP contribution in [0.2, 0.25) is 5.02 Å². The minimum Gasteiger partial charge on any atom is -0.464 e. The molecule has 8 heteroatoms. The van der Waals surface area contributed by atoms with Gasteiger partial charge < -0.3 is 9.64 Å². The fourth-order valence-corrected chi connectivity index (χ4v) is 4.43. The summed E-state index contributed by atoms with van der Waals surface area (Å²) >= 11 is 5.95. The largest absolute Gasteiger partial charge is 0.464 e. The third kappa shape index (κ3) is 7.48. The summed E-state index contributed by atoms with van der Waals surface area (Å²) in [5, 5.41) is 0.702. The summed E-state index contributed by atoms with van der Waals surface area (Å²) in [6.45, 7) is 3.51. The van der Waals surface area contributed by atoms with Gasteiger partial charge in [0, 0.05) is 43.4 Å². The molecule has 0 atom stereocenters. The van der Waals surface area contributed by atoms with Crippen molar-refractivity contribution in [3.05, 3.63) is 100 Å². The first-order valence-electron chi connectivity index (χ1n) is 11.9. The number of carbonyl (C=O) groups excluding carboxylic acids is 1. The fourth-order valence-electron chi connectivity index (χ4n) is 4.30. The van der Waals surface area contributed by atoms with E-state index < -0.39 is 11.7 Å². The van der Waals surface area contributed by atoms with Crippen molar-refractivity contribution in [3.8, 4) is 0 Å².